The molecule has 5 heteroatoms. The molecule has 0 aliphatic carbocycles. The van der Waals surface area contributed by atoms with Crippen molar-refractivity contribution in [2.24, 2.45) is 0 Å². The molecule has 0 fully saturated rings. The Morgan fingerprint density at radius 1 is 1.31 bits per heavy atom. The molecule has 0 saturated heterocycles. The van der Waals surface area contributed by atoms with Crippen molar-refractivity contribution in [2.45, 2.75) is 13.0 Å². The van der Waals surface area contributed by atoms with Gasteiger partial charge in [-0.05, 0) is 61.5 Å². The molecule has 0 radical (unpaired) electrons. The molecule has 1 unspecified atom stereocenters. The second-order valence-corrected chi connectivity index (χ2v) is 7.40. The lowest BCUT2D eigenvalue weighted by Gasteiger charge is -2.15. The molecular weight excluding hydrogens is 370 g/mol. The molecule has 0 spiro atoms. The maximum atomic E-state index is 3.60. The van der Waals surface area contributed by atoms with Gasteiger partial charge in [-0.1, -0.05) is 6.92 Å². The van der Waals surface area contributed by atoms with Crippen molar-refractivity contribution in [1.82, 2.24) is 5.32 Å². The maximum Gasteiger partial charge on any atom is 0.0702 e. The summed E-state index contributed by atoms with van der Waals surface area (Å²) in [6, 6.07) is 4.57. The molecule has 1 atom stereocenters. The third-order valence-corrected chi connectivity index (χ3v) is 5.68. The van der Waals surface area contributed by atoms with Crippen LogP contribution in [0.1, 0.15) is 23.4 Å². The van der Waals surface area contributed by atoms with Crippen molar-refractivity contribution >= 4 is 54.5 Å². The van der Waals surface area contributed by atoms with Gasteiger partial charge in [0.25, 0.3) is 0 Å². The summed E-state index contributed by atoms with van der Waals surface area (Å²) in [6.45, 7) is 3.10. The zero-order chi connectivity index (χ0) is 11.5. The molecule has 0 amide bonds. The van der Waals surface area contributed by atoms with Crippen LogP contribution < -0.4 is 5.32 Å². The van der Waals surface area contributed by atoms with E-state index in [9.17, 15) is 0 Å². The highest BCUT2D eigenvalue weighted by atomic mass is 79.9. The second-order valence-electron chi connectivity index (χ2n) is 3.31. The molecule has 86 valence electrons. The minimum atomic E-state index is 0.293. The van der Waals surface area contributed by atoms with E-state index >= 15 is 0 Å². The predicted octanol–water partition coefficient (Wildman–Crippen LogP) is 5.03. The van der Waals surface area contributed by atoms with Crippen molar-refractivity contribution < 1.29 is 0 Å². The Bertz CT molecular complexity index is 464. The van der Waals surface area contributed by atoms with E-state index in [0.717, 1.165) is 6.54 Å². The first kappa shape index (κ1) is 12.8. The maximum absolute atomic E-state index is 3.60. The molecule has 1 nitrogen and oxygen atoms in total. The van der Waals surface area contributed by atoms with Crippen LogP contribution in [0.25, 0.3) is 0 Å². The van der Waals surface area contributed by atoms with Gasteiger partial charge in [-0.15, -0.1) is 11.3 Å². The van der Waals surface area contributed by atoms with Gasteiger partial charge in [0.05, 0.1) is 9.83 Å². The molecule has 2 rings (SSSR count). The monoisotopic (exact) mass is 379 g/mol. The van der Waals surface area contributed by atoms with Gasteiger partial charge in [0, 0.05) is 14.7 Å². The minimum absolute atomic E-state index is 0.293. The third-order valence-electron chi connectivity index (χ3n) is 2.24. The Hall–Kier alpha value is 0.320. The summed E-state index contributed by atoms with van der Waals surface area (Å²) < 4.78 is 2.37. The van der Waals surface area contributed by atoms with Gasteiger partial charge in [-0.2, -0.15) is 11.3 Å². The molecule has 16 heavy (non-hydrogen) atoms. The van der Waals surface area contributed by atoms with Crippen molar-refractivity contribution in [3.05, 3.63) is 41.6 Å². The van der Waals surface area contributed by atoms with Crippen LogP contribution in [0.15, 0.2) is 31.2 Å². The van der Waals surface area contributed by atoms with E-state index in [0.29, 0.717) is 6.04 Å². The lowest BCUT2D eigenvalue weighted by atomic mass is 10.1. The topological polar surface area (TPSA) is 12.0 Å². The first-order chi connectivity index (χ1) is 7.72. The quantitative estimate of drug-likeness (QED) is 0.783. The highest BCUT2D eigenvalue weighted by Gasteiger charge is 2.18. The molecule has 0 bridgehead atoms. The van der Waals surface area contributed by atoms with Crippen LogP contribution in [-0.2, 0) is 0 Å². The Labute approximate surface area is 120 Å². The smallest absolute Gasteiger partial charge is 0.0702 e. The van der Waals surface area contributed by atoms with Gasteiger partial charge in [0.15, 0.2) is 0 Å². The summed E-state index contributed by atoms with van der Waals surface area (Å²) in [4.78, 5) is 1.34. The number of nitrogens with one attached hydrogen (secondary N) is 1. The zero-order valence-electron chi connectivity index (χ0n) is 8.67. The van der Waals surface area contributed by atoms with E-state index in [2.05, 4.69) is 67.0 Å². The van der Waals surface area contributed by atoms with E-state index in [-0.39, 0.29) is 0 Å². The van der Waals surface area contributed by atoms with Crippen LogP contribution in [0.4, 0.5) is 0 Å². The summed E-state index contributed by atoms with van der Waals surface area (Å²) in [5.74, 6) is 0. The van der Waals surface area contributed by atoms with Crippen LogP contribution in [0.2, 0.25) is 0 Å². The standard InChI is InChI=1S/C11H11Br2NS2/c1-2-14-11(7-5-15-6-8(7)12)9-3-4-10(13)16-9/h3-6,11,14H,2H2,1H3. The van der Waals surface area contributed by atoms with E-state index in [1.165, 1.54) is 18.7 Å². The molecule has 0 aliphatic rings. The number of hydrogen-bond acceptors (Lipinski definition) is 3. The lowest BCUT2D eigenvalue weighted by molar-refractivity contribution is 0.639. The average Bonchev–Trinajstić information content (AvgIpc) is 2.84. The number of hydrogen-bond donors (Lipinski definition) is 1. The van der Waals surface area contributed by atoms with Crippen LogP contribution in [0.3, 0.4) is 0 Å². The molecule has 2 heterocycles. The molecule has 2 aromatic heterocycles. The van der Waals surface area contributed by atoms with Crippen LogP contribution in [0, 0.1) is 0 Å². The van der Waals surface area contributed by atoms with Crippen LogP contribution >= 0.6 is 54.5 Å². The molecule has 0 aliphatic heterocycles. The normalized spacial score (nSPS) is 12.9. The predicted molar refractivity (Wildman–Crippen MR) is 79.6 cm³/mol. The number of halogens is 2. The number of rotatable bonds is 4. The van der Waals surface area contributed by atoms with Gasteiger partial charge >= 0.3 is 0 Å². The van der Waals surface area contributed by atoms with Gasteiger partial charge < -0.3 is 5.32 Å². The van der Waals surface area contributed by atoms with Crippen molar-refractivity contribution in [2.75, 3.05) is 6.54 Å². The van der Waals surface area contributed by atoms with Gasteiger partial charge in [-0.25, -0.2) is 0 Å². The first-order valence-corrected chi connectivity index (χ1v) is 8.27. The summed E-state index contributed by atoms with van der Waals surface area (Å²) in [6.07, 6.45) is 0. The fourth-order valence-corrected chi connectivity index (χ4v) is 4.62. The number of thiophene rings is 2. The summed E-state index contributed by atoms with van der Waals surface area (Å²) in [5, 5.41) is 7.85. The van der Waals surface area contributed by atoms with Crippen molar-refractivity contribution in [1.29, 1.82) is 0 Å². The lowest BCUT2D eigenvalue weighted by Crippen LogP contribution is -2.20. The van der Waals surface area contributed by atoms with E-state index in [4.69, 9.17) is 0 Å². The second kappa shape index (κ2) is 5.78. The van der Waals surface area contributed by atoms with Gasteiger partial charge in [-0.3, -0.25) is 0 Å². The first-order valence-electron chi connectivity index (χ1n) is 4.92. The summed E-state index contributed by atoms with van der Waals surface area (Å²) >= 11 is 10.6. The van der Waals surface area contributed by atoms with E-state index in [1.807, 2.05) is 0 Å². The zero-order valence-corrected chi connectivity index (χ0v) is 13.5. The van der Waals surface area contributed by atoms with E-state index < -0.39 is 0 Å². The largest absolute Gasteiger partial charge is 0.306 e. The Balaban J connectivity index is 2.34. The molecule has 1 N–H and O–H groups in total. The van der Waals surface area contributed by atoms with Crippen LogP contribution in [-0.4, -0.2) is 6.54 Å². The van der Waals surface area contributed by atoms with Gasteiger partial charge in [0.2, 0.25) is 0 Å². The fraction of sp³-hybridized carbons (Fsp3) is 0.273. The van der Waals surface area contributed by atoms with Crippen LogP contribution in [0.5, 0.6) is 0 Å². The van der Waals surface area contributed by atoms with Crippen molar-refractivity contribution in [3.8, 4) is 0 Å². The van der Waals surface area contributed by atoms with Crippen molar-refractivity contribution in [3.63, 3.8) is 0 Å². The highest BCUT2D eigenvalue weighted by Crippen LogP contribution is 2.35. The Morgan fingerprint density at radius 3 is 2.62 bits per heavy atom. The highest BCUT2D eigenvalue weighted by molar-refractivity contribution is 9.11. The molecule has 0 saturated carbocycles. The fourth-order valence-electron chi connectivity index (χ4n) is 1.55. The molecule has 0 aromatic carbocycles. The SMILES string of the molecule is CCNC(c1ccc(Br)s1)c1cscc1Br. The summed E-state index contributed by atoms with van der Waals surface area (Å²) in [5.41, 5.74) is 1.32. The Morgan fingerprint density at radius 2 is 2.12 bits per heavy atom. The summed E-state index contributed by atoms with van der Waals surface area (Å²) in [7, 11) is 0. The molecular formula is C11H11Br2NS2. The van der Waals surface area contributed by atoms with E-state index in [1.54, 1.807) is 22.7 Å². The third kappa shape index (κ3) is 2.76. The molecule has 2 aromatic rings. The Kier molecular flexibility index (Phi) is 4.61. The average molecular weight is 381 g/mol. The van der Waals surface area contributed by atoms with Gasteiger partial charge in [0.1, 0.15) is 0 Å². The minimum Gasteiger partial charge on any atom is -0.306 e.